The van der Waals surface area contributed by atoms with Gasteiger partial charge < -0.3 is 9.47 Å². The average molecular weight is 349 g/mol. The molecule has 2 aromatic rings. The number of carbonyl (C=O) groups is 2. The minimum atomic E-state index is -0.478. The molecule has 2 aromatic carbocycles. The Morgan fingerprint density at radius 2 is 1.71 bits per heavy atom. The van der Waals surface area contributed by atoms with Crippen LogP contribution in [0.5, 0.6) is 11.5 Å². The van der Waals surface area contributed by atoms with Gasteiger partial charge in [-0.3, -0.25) is 4.79 Å². The van der Waals surface area contributed by atoms with Crippen molar-refractivity contribution in [3.05, 3.63) is 59.7 Å². The number of rotatable bonds is 5. The van der Waals surface area contributed by atoms with Crippen LogP contribution in [0.25, 0.3) is 0 Å². The number of alkyl halides is 1. The molecule has 0 radical (unpaired) electrons. The Bertz CT molecular complexity index is 653. The summed E-state index contributed by atoms with van der Waals surface area (Å²) in [5.41, 5.74) is 0.934. The maximum Gasteiger partial charge on any atom is 0.343 e. The summed E-state index contributed by atoms with van der Waals surface area (Å²) in [5.74, 6) is 0.0614. The van der Waals surface area contributed by atoms with Gasteiger partial charge in [0.2, 0.25) is 0 Å². The summed E-state index contributed by atoms with van der Waals surface area (Å²) in [7, 11) is 1.46. The van der Waals surface area contributed by atoms with E-state index in [9.17, 15) is 9.59 Å². The predicted octanol–water partition coefficient (Wildman–Crippen LogP) is 3.49. The van der Waals surface area contributed by atoms with E-state index in [1.165, 1.54) is 7.11 Å². The number of esters is 1. The summed E-state index contributed by atoms with van der Waals surface area (Å²) in [6.07, 6.45) is 0. The Morgan fingerprint density at radius 3 is 2.33 bits per heavy atom. The molecule has 0 aromatic heterocycles. The molecule has 0 unspecified atom stereocenters. The van der Waals surface area contributed by atoms with E-state index in [2.05, 4.69) is 15.9 Å². The molecule has 0 fully saturated rings. The quantitative estimate of drug-likeness (QED) is 0.359. The topological polar surface area (TPSA) is 52.6 Å². The van der Waals surface area contributed by atoms with Crippen molar-refractivity contribution in [2.45, 2.75) is 0 Å². The maximum absolute atomic E-state index is 12.0. The van der Waals surface area contributed by atoms with Crippen LogP contribution in [-0.4, -0.2) is 24.2 Å². The van der Waals surface area contributed by atoms with Crippen LogP contribution in [0, 0.1) is 0 Å². The van der Waals surface area contributed by atoms with Gasteiger partial charge in [-0.25, -0.2) is 4.79 Å². The van der Waals surface area contributed by atoms with E-state index in [1.54, 1.807) is 42.5 Å². The van der Waals surface area contributed by atoms with E-state index in [0.717, 1.165) is 0 Å². The summed E-state index contributed by atoms with van der Waals surface area (Å²) in [6.45, 7) is 0. The first-order valence-corrected chi connectivity index (χ1v) is 7.32. The second kappa shape index (κ2) is 7.04. The number of hydrogen-bond acceptors (Lipinski definition) is 4. The minimum absolute atomic E-state index is 0.0748. The number of ketones is 1. The molecule has 0 heterocycles. The number of methoxy groups -OCH3 is 1. The van der Waals surface area contributed by atoms with Crippen LogP contribution in [0.4, 0.5) is 0 Å². The number of ether oxygens (including phenoxy) is 2. The van der Waals surface area contributed by atoms with Crippen molar-refractivity contribution in [2.24, 2.45) is 0 Å². The molecule has 0 atom stereocenters. The zero-order chi connectivity index (χ0) is 15.2. The molecule has 0 aliphatic carbocycles. The van der Waals surface area contributed by atoms with E-state index in [1.807, 2.05) is 6.07 Å². The van der Waals surface area contributed by atoms with Crippen molar-refractivity contribution >= 4 is 27.7 Å². The first-order valence-electron chi connectivity index (χ1n) is 6.20. The molecular formula is C16H13BrO4. The van der Waals surface area contributed by atoms with E-state index in [4.69, 9.17) is 9.47 Å². The monoisotopic (exact) mass is 348 g/mol. The first kappa shape index (κ1) is 15.3. The lowest BCUT2D eigenvalue weighted by atomic mass is 10.1. The van der Waals surface area contributed by atoms with Crippen molar-refractivity contribution < 1.29 is 19.1 Å². The molecule has 0 amide bonds. The predicted molar refractivity (Wildman–Crippen MR) is 82.5 cm³/mol. The van der Waals surface area contributed by atoms with Gasteiger partial charge in [0, 0.05) is 5.56 Å². The fourth-order valence-corrected chi connectivity index (χ4v) is 2.06. The second-order valence-electron chi connectivity index (χ2n) is 4.18. The Kier molecular flexibility index (Phi) is 5.11. The Hall–Kier alpha value is -2.14. The summed E-state index contributed by atoms with van der Waals surface area (Å²) in [6, 6.07) is 13.4. The van der Waals surface area contributed by atoms with Gasteiger partial charge in [0.1, 0.15) is 0 Å². The smallest absolute Gasteiger partial charge is 0.343 e. The number of carbonyl (C=O) groups excluding carboxylic acids is 2. The molecule has 0 aliphatic rings. The van der Waals surface area contributed by atoms with Crippen LogP contribution >= 0.6 is 15.9 Å². The van der Waals surface area contributed by atoms with Gasteiger partial charge in [0.25, 0.3) is 0 Å². The molecule has 0 aliphatic heterocycles. The van der Waals surface area contributed by atoms with Gasteiger partial charge in [-0.05, 0) is 30.3 Å². The van der Waals surface area contributed by atoms with Crippen molar-refractivity contribution in [1.82, 2.24) is 0 Å². The minimum Gasteiger partial charge on any atom is -0.493 e. The molecule has 4 nitrogen and oxygen atoms in total. The number of halogens is 1. The molecule has 0 N–H and O–H groups in total. The maximum atomic E-state index is 12.0. The molecule has 0 spiro atoms. The largest absolute Gasteiger partial charge is 0.493 e. The lowest BCUT2D eigenvalue weighted by Gasteiger charge is -2.10. The molecule has 21 heavy (non-hydrogen) atoms. The SMILES string of the molecule is COc1cc(C(=O)CBr)ccc1OC(=O)c1ccccc1. The van der Waals surface area contributed by atoms with Crippen LogP contribution in [0.15, 0.2) is 48.5 Å². The Morgan fingerprint density at radius 1 is 1.00 bits per heavy atom. The molecule has 0 bridgehead atoms. The van der Waals surface area contributed by atoms with Crippen LogP contribution in [0.3, 0.4) is 0 Å². The summed E-state index contributed by atoms with van der Waals surface area (Å²) < 4.78 is 10.5. The number of benzene rings is 2. The van der Waals surface area contributed by atoms with E-state index < -0.39 is 5.97 Å². The van der Waals surface area contributed by atoms with Gasteiger partial charge in [-0.2, -0.15) is 0 Å². The fraction of sp³-hybridized carbons (Fsp3) is 0.125. The summed E-state index contributed by atoms with van der Waals surface area (Å²) >= 11 is 3.11. The Balaban J connectivity index is 2.24. The first-order chi connectivity index (χ1) is 10.2. The van der Waals surface area contributed by atoms with Crippen molar-refractivity contribution in [3.8, 4) is 11.5 Å². The van der Waals surface area contributed by atoms with Gasteiger partial charge in [0.05, 0.1) is 18.0 Å². The third-order valence-corrected chi connectivity index (χ3v) is 3.33. The zero-order valence-electron chi connectivity index (χ0n) is 11.3. The molecule has 108 valence electrons. The van der Waals surface area contributed by atoms with Gasteiger partial charge >= 0.3 is 5.97 Å². The molecule has 2 rings (SSSR count). The van der Waals surface area contributed by atoms with E-state index in [0.29, 0.717) is 16.9 Å². The second-order valence-corrected chi connectivity index (χ2v) is 4.74. The highest BCUT2D eigenvalue weighted by Gasteiger charge is 2.14. The number of hydrogen-bond donors (Lipinski definition) is 0. The lowest BCUT2D eigenvalue weighted by molar-refractivity contribution is 0.0729. The molecular weight excluding hydrogens is 336 g/mol. The lowest BCUT2D eigenvalue weighted by Crippen LogP contribution is -2.09. The molecule has 5 heteroatoms. The fourth-order valence-electron chi connectivity index (χ4n) is 1.74. The van der Waals surface area contributed by atoms with Gasteiger partial charge in [0.15, 0.2) is 17.3 Å². The van der Waals surface area contributed by atoms with Crippen LogP contribution < -0.4 is 9.47 Å². The third-order valence-electron chi connectivity index (χ3n) is 2.82. The van der Waals surface area contributed by atoms with Crippen LogP contribution in [0.1, 0.15) is 20.7 Å². The van der Waals surface area contributed by atoms with Crippen LogP contribution in [-0.2, 0) is 0 Å². The zero-order valence-corrected chi connectivity index (χ0v) is 12.9. The van der Waals surface area contributed by atoms with E-state index in [-0.39, 0.29) is 16.9 Å². The van der Waals surface area contributed by atoms with Gasteiger partial charge in [-0.15, -0.1) is 0 Å². The standard InChI is InChI=1S/C16H13BrO4/c1-20-15-9-12(13(18)10-17)7-8-14(15)21-16(19)11-5-3-2-4-6-11/h2-9H,10H2,1H3. The normalized spacial score (nSPS) is 10.0. The number of Topliss-reactive ketones (excluding diaryl/α,β-unsaturated/α-hetero) is 1. The van der Waals surface area contributed by atoms with Gasteiger partial charge in [-0.1, -0.05) is 34.1 Å². The summed E-state index contributed by atoms with van der Waals surface area (Å²) in [4.78, 5) is 23.6. The highest BCUT2D eigenvalue weighted by molar-refractivity contribution is 9.09. The highest BCUT2D eigenvalue weighted by Crippen LogP contribution is 2.29. The van der Waals surface area contributed by atoms with Crippen molar-refractivity contribution in [2.75, 3.05) is 12.4 Å². The molecule has 0 saturated carbocycles. The summed E-state index contributed by atoms with van der Waals surface area (Å²) in [5, 5.41) is 0.222. The average Bonchev–Trinajstić information content (AvgIpc) is 2.55. The van der Waals surface area contributed by atoms with E-state index >= 15 is 0 Å². The Labute approximate surface area is 130 Å². The third kappa shape index (κ3) is 3.70. The highest BCUT2D eigenvalue weighted by atomic mass is 79.9. The van der Waals surface area contributed by atoms with Crippen molar-refractivity contribution in [1.29, 1.82) is 0 Å². The van der Waals surface area contributed by atoms with Crippen molar-refractivity contribution in [3.63, 3.8) is 0 Å². The molecule has 0 saturated heterocycles. The van der Waals surface area contributed by atoms with Crippen LogP contribution in [0.2, 0.25) is 0 Å².